The van der Waals surface area contributed by atoms with Gasteiger partial charge in [-0.25, -0.2) is 9.37 Å². The van der Waals surface area contributed by atoms with Gasteiger partial charge in [0.15, 0.2) is 5.13 Å². The summed E-state index contributed by atoms with van der Waals surface area (Å²) in [6.07, 6.45) is 6.68. The summed E-state index contributed by atoms with van der Waals surface area (Å²) in [6.45, 7) is 0. The minimum Gasteiger partial charge on any atom is -0.317 e. The third kappa shape index (κ3) is 4.32. The molecule has 0 unspecified atom stereocenters. The number of nitrogens with one attached hydrogen (secondary N) is 1. The Balaban J connectivity index is 0.00000208. The lowest BCUT2D eigenvalue weighted by molar-refractivity contribution is -0.122. The SMILES string of the molecule is Cl.NC1(C(=O)Nc2ncc(Cc3ccccc3F)s2)CCCCC1. The number of thiazole rings is 1. The minimum absolute atomic E-state index is 0. The smallest absolute Gasteiger partial charge is 0.246 e. The van der Waals surface area contributed by atoms with Gasteiger partial charge in [0.1, 0.15) is 5.82 Å². The molecule has 24 heavy (non-hydrogen) atoms. The largest absolute Gasteiger partial charge is 0.317 e. The molecule has 1 aromatic heterocycles. The van der Waals surface area contributed by atoms with E-state index in [4.69, 9.17) is 5.73 Å². The second kappa shape index (κ2) is 8.05. The van der Waals surface area contributed by atoms with Crippen molar-refractivity contribution in [3.63, 3.8) is 0 Å². The standard InChI is InChI=1S/C17H20FN3OS.ClH/c18-14-7-3-2-6-12(14)10-13-11-20-16(23-13)21-15(22)17(19)8-4-1-5-9-17;/h2-3,6-7,11H,1,4-5,8-10,19H2,(H,20,21,22);1H. The van der Waals surface area contributed by atoms with E-state index in [1.165, 1.54) is 17.4 Å². The van der Waals surface area contributed by atoms with Crippen LogP contribution in [-0.4, -0.2) is 16.4 Å². The molecule has 3 rings (SSSR count). The Labute approximate surface area is 151 Å². The normalized spacial score (nSPS) is 16.2. The number of hydrogen-bond donors (Lipinski definition) is 2. The molecule has 4 nitrogen and oxygen atoms in total. The zero-order valence-corrected chi connectivity index (χ0v) is 14.9. The molecule has 0 aliphatic heterocycles. The van der Waals surface area contributed by atoms with Gasteiger partial charge < -0.3 is 11.1 Å². The minimum atomic E-state index is -0.782. The quantitative estimate of drug-likeness (QED) is 0.858. The van der Waals surface area contributed by atoms with Crippen LogP contribution in [0.15, 0.2) is 30.5 Å². The first kappa shape index (κ1) is 18.8. The summed E-state index contributed by atoms with van der Waals surface area (Å²) >= 11 is 1.36. The van der Waals surface area contributed by atoms with Crippen molar-refractivity contribution in [3.8, 4) is 0 Å². The van der Waals surface area contributed by atoms with Crippen LogP contribution in [0.4, 0.5) is 9.52 Å². The van der Waals surface area contributed by atoms with Crippen LogP contribution in [0.3, 0.4) is 0 Å². The molecular formula is C17H21ClFN3OS. The fraction of sp³-hybridized carbons (Fsp3) is 0.412. The molecule has 1 heterocycles. The summed E-state index contributed by atoms with van der Waals surface area (Å²) in [5.74, 6) is -0.390. The number of aromatic nitrogens is 1. The second-order valence-corrected chi connectivity index (χ2v) is 7.19. The van der Waals surface area contributed by atoms with Gasteiger partial charge in [-0.3, -0.25) is 4.79 Å². The Morgan fingerprint density at radius 3 is 2.71 bits per heavy atom. The summed E-state index contributed by atoms with van der Waals surface area (Å²) in [5.41, 5.74) is 6.06. The summed E-state index contributed by atoms with van der Waals surface area (Å²) in [5, 5.41) is 3.35. The van der Waals surface area contributed by atoms with Crippen molar-refractivity contribution in [2.75, 3.05) is 5.32 Å². The third-order valence-corrected chi connectivity index (χ3v) is 5.21. The predicted octanol–water partition coefficient (Wildman–Crippen LogP) is 3.89. The first-order valence-corrected chi connectivity index (χ1v) is 8.67. The molecule has 1 aromatic carbocycles. The van der Waals surface area contributed by atoms with E-state index >= 15 is 0 Å². The highest BCUT2D eigenvalue weighted by atomic mass is 35.5. The molecule has 1 amide bonds. The highest BCUT2D eigenvalue weighted by Gasteiger charge is 2.35. The maximum atomic E-state index is 13.7. The van der Waals surface area contributed by atoms with Crippen LogP contribution in [0.1, 0.15) is 42.5 Å². The Kier molecular flexibility index (Phi) is 6.32. The lowest BCUT2D eigenvalue weighted by Gasteiger charge is -2.31. The number of benzene rings is 1. The predicted molar refractivity (Wildman–Crippen MR) is 97.2 cm³/mol. The molecule has 1 aliphatic carbocycles. The van der Waals surface area contributed by atoms with E-state index in [2.05, 4.69) is 10.3 Å². The average molecular weight is 370 g/mol. The van der Waals surface area contributed by atoms with Crippen LogP contribution >= 0.6 is 23.7 Å². The van der Waals surface area contributed by atoms with E-state index in [0.717, 1.165) is 24.1 Å². The number of amides is 1. The molecule has 130 valence electrons. The summed E-state index contributed by atoms with van der Waals surface area (Å²) in [4.78, 5) is 17.5. The van der Waals surface area contributed by atoms with Crippen LogP contribution in [0.25, 0.3) is 0 Å². The van der Waals surface area contributed by atoms with E-state index in [-0.39, 0.29) is 24.1 Å². The van der Waals surface area contributed by atoms with Crippen molar-refractivity contribution in [1.29, 1.82) is 0 Å². The van der Waals surface area contributed by atoms with Gasteiger partial charge in [0.05, 0.1) is 5.54 Å². The number of carbonyl (C=O) groups excluding carboxylic acids is 1. The highest BCUT2D eigenvalue weighted by Crippen LogP contribution is 2.28. The lowest BCUT2D eigenvalue weighted by atomic mass is 9.82. The number of rotatable bonds is 4. The fourth-order valence-electron chi connectivity index (χ4n) is 2.91. The molecule has 7 heteroatoms. The number of nitrogens with zero attached hydrogens (tertiary/aromatic N) is 1. The first-order valence-electron chi connectivity index (χ1n) is 7.85. The summed E-state index contributed by atoms with van der Waals surface area (Å²) in [7, 11) is 0. The van der Waals surface area contributed by atoms with Crippen LogP contribution in [-0.2, 0) is 11.2 Å². The topological polar surface area (TPSA) is 68.0 Å². The highest BCUT2D eigenvalue weighted by molar-refractivity contribution is 7.15. The zero-order valence-electron chi connectivity index (χ0n) is 13.3. The van der Waals surface area contributed by atoms with Crippen molar-refractivity contribution in [1.82, 2.24) is 4.98 Å². The van der Waals surface area contributed by atoms with E-state index in [1.807, 2.05) is 6.07 Å². The molecule has 1 saturated carbocycles. The maximum Gasteiger partial charge on any atom is 0.246 e. The molecule has 2 aromatic rings. The van der Waals surface area contributed by atoms with Crippen molar-refractivity contribution in [2.45, 2.75) is 44.1 Å². The molecule has 0 spiro atoms. The van der Waals surface area contributed by atoms with Crippen molar-refractivity contribution < 1.29 is 9.18 Å². The van der Waals surface area contributed by atoms with Gasteiger partial charge >= 0.3 is 0 Å². The molecule has 0 saturated heterocycles. The Hall–Kier alpha value is -1.50. The molecule has 1 aliphatic rings. The van der Waals surface area contributed by atoms with Crippen molar-refractivity contribution in [3.05, 3.63) is 46.7 Å². The zero-order chi connectivity index (χ0) is 16.3. The van der Waals surface area contributed by atoms with Gasteiger partial charge in [-0.2, -0.15) is 0 Å². The first-order chi connectivity index (χ1) is 11.1. The van der Waals surface area contributed by atoms with E-state index < -0.39 is 5.54 Å². The van der Waals surface area contributed by atoms with Gasteiger partial charge in [-0.05, 0) is 24.5 Å². The van der Waals surface area contributed by atoms with E-state index in [9.17, 15) is 9.18 Å². The summed E-state index contributed by atoms with van der Waals surface area (Å²) < 4.78 is 13.7. The van der Waals surface area contributed by atoms with Gasteiger partial charge in [0.2, 0.25) is 5.91 Å². The molecule has 0 bridgehead atoms. The number of nitrogens with two attached hydrogens (primary N) is 1. The van der Waals surface area contributed by atoms with Crippen LogP contribution in [0, 0.1) is 5.82 Å². The van der Waals surface area contributed by atoms with Gasteiger partial charge in [-0.15, -0.1) is 23.7 Å². The van der Waals surface area contributed by atoms with Crippen LogP contribution in [0.2, 0.25) is 0 Å². The second-order valence-electron chi connectivity index (χ2n) is 6.07. The molecular weight excluding hydrogens is 349 g/mol. The maximum absolute atomic E-state index is 13.7. The summed E-state index contributed by atoms with van der Waals surface area (Å²) in [6, 6.07) is 6.68. The lowest BCUT2D eigenvalue weighted by Crippen LogP contribution is -2.52. The van der Waals surface area contributed by atoms with Gasteiger partial charge in [-0.1, -0.05) is 37.5 Å². The van der Waals surface area contributed by atoms with E-state index in [0.29, 0.717) is 30.0 Å². The van der Waals surface area contributed by atoms with Crippen LogP contribution in [0.5, 0.6) is 0 Å². The Morgan fingerprint density at radius 2 is 2.00 bits per heavy atom. The van der Waals surface area contributed by atoms with Crippen molar-refractivity contribution in [2.24, 2.45) is 5.73 Å². The van der Waals surface area contributed by atoms with Crippen molar-refractivity contribution >= 4 is 34.8 Å². The average Bonchev–Trinajstić information content (AvgIpc) is 2.97. The molecule has 0 atom stereocenters. The number of hydrogen-bond acceptors (Lipinski definition) is 4. The molecule has 1 fully saturated rings. The Bertz CT molecular complexity index is 701. The van der Waals surface area contributed by atoms with E-state index in [1.54, 1.807) is 18.3 Å². The van der Waals surface area contributed by atoms with Gasteiger partial charge in [0.25, 0.3) is 0 Å². The van der Waals surface area contributed by atoms with Crippen LogP contribution < -0.4 is 11.1 Å². The Morgan fingerprint density at radius 1 is 1.29 bits per heavy atom. The third-order valence-electron chi connectivity index (χ3n) is 4.29. The molecule has 3 N–H and O–H groups in total. The monoisotopic (exact) mass is 369 g/mol. The fourth-order valence-corrected chi connectivity index (χ4v) is 3.74. The van der Waals surface area contributed by atoms with Gasteiger partial charge in [0, 0.05) is 17.5 Å². The number of carbonyl (C=O) groups is 1. The molecule has 0 radical (unpaired) electrons. The number of anilines is 1. The number of halogens is 2.